The van der Waals surface area contributed by atoms with Crippen LogP contribution in [0.5, 0.6) is 0 Å². The van der Waals surface area contributed by atoms with Crippen LogP contribution in [0.25, 0.3) is 0 Å². The SMILES string of the molecule is COC1CCN(C(=O)c2ccccc2N(C)C(=O)c2cccs2)CC1. The van der Waals surface area contributed by atoms with Gasteiger partial charge in [-0.15, -0.1) is 11.3 Å². The van der Waals surface area contributed by atoms with E-state index in [0.717, 1.165) is 12.8 Å². The maximum atomic E-state index is 13.0. The van der Waals surface area contributed by atoms with Gasteiger partial charge >= 0.3 is 0 Å². The smallest absolute Gasteiger partial charge is 0.268 e. The lowest BCUT2D eigenvalue weighted by molar-refractivity contribution is 0.0351. The zero-order chi connectivity index (χ0) is 17.8. The van der Waals surface area contributed by atoms with E-state index in [1.54, 1.807) is 31.2 Å². The van der Waals surface area contributed by atoms with E-state index in [1.165, 1.54) is 11.3 Å². The highest BCUT2D eigenvalue weighted by atomic mass is 32.1. The number of likely N-dealkylation sites (tertiary alicyclic amines) is 1. The Morgan fingerprint density at radius 3 is 2.52 bits per heavy atom. The third kappa shape index (κ3) is 3.75. The molecule has 5 nitrogen and oxygen atoms in total. The van der Waals surface area contributed by atoms with Crippen LogP contribution in [0.3, 0.4) is 0 Å². The maximum absolute atomic E-state index is 13.0. The van der Waals surface area contributed by atoms with Gasteiger partial charge in [0.05, 0.1) is 22.2 Å². The van der Waals surface area contributed by atoms with Crippen LogP contribution in [0, 0.1) is 0 Å². The lowest BCUT2D eigenvalue weighted by Crippen LogP contribution is -2.41. The largest absolute Gasteiger partial charge is 0.381 e. The molecule has 0 atom stereocenters. The van der Waals surface area contributed by atoms with Crippen molar-refractivity contribution in [2.45, 2.75) is 18.9 Å². The minimum atomic E-state index is -0.103. The molecule has 0 aliphatic carbocycles. The van der Waals surface area contributed by atoms with Gasteiger partial charge in [0.15, 0.2) is 0 Å². The lowest BCUT2D eigenvalue weighted by Gasteiger charge is -2.32. The Morgan fingerprint density at radius 1 is 1.16 bits per heavy atom. The highest BCUT2D eigenvalue weighted by Gasteiger charge is 2.26. The summed E-state index contributed by atoms with van der Waals surface area (Å²) in [7, 11) is 3.42. The van der Waals surface area contributed by atoms with E-state index < -0.39 is 0 Å². The third-order valence-electron chi connectivity index (χ3n) is 4.59. The fourth-order valence-corrected chi connectivity index (χ4v) is 3.79. The van der Waals surface area contributed by atoms with E-state index in [1.807, 2.05) is 34.5 Å². The minimum absolute atomic E-state index is 0.0315. The van der Waals surface area contributed by atoms with Gasteiger partial charge in [-0.1, -0.05) is 18.2 Å². The molecule has 1 fully saturated rings. The Bertz CT molecular complexity index is 737. The number of para-hydroxylation sites is 1. The van der Waals surface area contributed by atoms with Crippen molar-refractivity contribution >= 4 is 28.8 Å². The van der Waals surface area contributed by atoms with Crippen LogP contribution in [0.15, 0.2) is 41.8 Å². The Kier molecular flexibility index (Phi) is 5.50. The Morgan fingerprint density at radius 2 is 1.88 bits per heavy atom. The quantitative estimate of drug-likeness (QED) is 0.843. The van der Waals surface area contributed by atoms with Gasteiger partial charge in [0.1, 0.15) is 0 Å². The van der Waals surface area contributed by atoms with Gasteiger partial charge in [-0.25, -0.2) is 0 Å². The molecule has 0 saturated carbocycles. The predicted octanol–water partition coefficient (Wildman–Crippen LogP) is 3.28. The van der Waals surface area contributed by atoms with Crippen molar-refractivity contribution in [2.75, 3.05) is 32.1 Å². The van der Waals surface area contributed by atoms with Gasteiger partial charge in [-0.05, 0) is 36.4 Å². The fourth-order valence-electron chi connectivity index (χ4n) is 3.09. The van der Waals surface area contributed by atoms with Crippen molar-refractivity contribution in [3.63, 3.8) is 0 Å². The zero-order valence-corrected chi connectivity index (χ0v) is 15.3. The maximum Gasteiger partial charge on any atom is 0.268 e. The number of hydrogen-bond acceptors (Lipinski definition) is 4. The molecule has 1 saturated heterocycles. The normalized spacial score (nSPS) is 15.2. The van der Waals surface area contributed by atoms with Crippen molar-refractivity contribution in [1.82, 2.24) is 4.90 Å². The minimum Gasteiger partial charge on any atom is -0.381 e. The van der Waals surface area contributed by atoms with Crippen molar-refractivity contribution in [3.05, 3.63) is 52.2 Å². The molecule has 0 unspecified atom stereocenters. The van der Waals surface area contributed by atoms with E-state index >= 15 is 0 Å². The number of hydrogen-bond donors (Lipinski definition) is 0. The molecule has 2 amide bonds. The predicted molar refractivity (Wildman–Crippen MR) is 99.4 cm³/mol. The molecule has 0 radical (unpaired) electrons. The summed E-state index contributed by atoms with van der Waals surface area (Å²) >= 11 is 1.40. The first-order valence-corrected chi connectivity index (χ1v) is 9.22. The van der Waals surface area contributed by atoms with Crippen molar-refractivity contribution < 1.29 is 14.3 Å². The standard InChI is InChI=1S/C19H22N2O3S/c1-20(19(23)17-8-5-13-25-17)16-7-4-3-6-15(16)18(22)21-11-9-14(24-2)10-12-21/h3-8,13-14H,9-12H2,1-2H3. The number of rotatable bonds is 4. The summed E-state index contributed by atoms with van der Waals surface area (Å²) in [6.45, 7) is 1.35. The first-order valence-electron chi connectivity index (χ1n) is 8.34. The second-order valence-corrected chi connectivity index (χ2v) is 7.03. The van der Waals surface area contributed by atoms with Crippen LogP contribution in [0.1, 0.15) is 32.9 Å². The van der Waals surface area contributed by atoms with Crippen LogP contribution >= 0.6 is 11.3 Å². The summed E-state index contributed by atoms with van der Waals surface area (Å²) in [5.41, 5.74) is 1.20. The Hall–Kier alpha value is -2.18. The number of carbonyl (C=O) groups is 2. The van der Waals surface area contributed by atoms with Crippen LogP contribution in [0.2, 0.25) is 0 Å². The van der Waals surface area contributed by atoms with E-state index in [2.05, 4.69) is 0 Å². The number of amides is 2. The lowest BCUT2D eigenvalue weighted by atomic mass is 10.0. The molecule has 2 heterocycles. The monoisotopic (exact) mass is 358 g/mol. The van der Waals surface area contributed by atoms with E-state index in [9.17, 15) is 9.59 Å². The molecule has 1 aliphatic rings. The van der Waals surface area contributed by atoms with Crippen LogP contribution in [-0.4, -0.2) is 50.1 Å². The second-order valence-electron chi connectivity index (χ2n) is 6.09. The van der Waals surface area contributed by atoms with Gasteiger partial charge < -0.3 is 14.5 Å². The van der Waals surface area contributed by atoms with Gasteiger partial charge in [-0.3, -0.25) is 9.59 Å². The van der Waals surface area contributed by atoms with Gasteiger partial charge in [-0.2, -0.15) is 0 Å². The van der Waals surface area contributed by atoms with Crippen molar-refractivity contribution in [1.29, 1.82) is 0 Å². The Balaban J connectivity index is 1.81. The molecular formula is C19H22N2O3S. The molecule has 3 rings (SSSR count). The molecule has 0 N–H and O–H groups in total. The molecule has 132 valence electrons. The van der Waals surface area contributed by atoms with Gasteiger partial charge in [0, 0.05) is 27.2 Å². The molecular weight excluding hydrogens is 336 g/mol. The van der Waals surface area contributed by atoms with Crippen LogP contribution < -0.4 is 4.90 Å². The van der Waals surface area contributed by atoms with Crippen LogP contribution in [0.4, 0.5) is 5.69 Å². The second kappa shape index (κ2) is 7.80. The molecule has 1 aromatic carbocycles. The summed E-state index contributed by atoms with van der Waals surface area (Å²) in [6, 6.07) is 10.9. The molecule has 1 aromatic heterocycles. The molecule has 0 spiro atoms. The molecule has 0 bridgehead atoms. The summed E-state index contributed by atoms with van der Waals surface area (Å²) in [5, 5.41) is 1.87. The summed E-state index contributed by atoms with van der Waals surface area (Å²) < 4.78 is 5.37. The number of nitrogens with zero attached hydrogens (tertiary/aromatic N) is 2. The number of ether oxygens (including phenoxy) is 1. The van der Waals surface area contributed by atoms with Gasteiger partial charge in [0.25, 0.3) is 11.8 Å². The van der Waals surface area contributed by atoms with E-state index in [-0.39, 0.29) is 17.9 Å². The highest BCUT2D eigenvalue weighted by Crippen LogP contribution is 2.25. The number of anilines is 1. The zero-order valence-electron chi connectivity index (χ0n) is 14.5. The first kappa shape index (κ1) is 17.6. The Labute approximate surface area is 151 Å². The van der Waals surface area contributed by atoms with Gasteiger partial charge in [0.2, 0.25) is 0 Å². The molecule has 1 aliphatic heterocycles. The summed E-state index contributed by atoms with van der Waals surface area (Å²) in [6.07, 6.45) is 1.91. The molecule has 6 heteroatoms. The fraction of sp³-hybridized carbons (Fsp3) is 0.368. The molecule has 25 heavy (non-hydrogen) atoms. The first-order chi connectivity index (χ1) is 12.1. The average molecular weight is 358 g/mol. The van der Waals surface area contributed by atoms with E-state index in [4.69, 9.17) is 4.74 Å². The highest BCUT2D eigenvalue weighted by molar-refractivity contribution is 7.12. The number of piperidine rings is 1. The number of methoxy groups -OCH3 is 1. The average Bonchev–Trinajstić information content (AvgIpc) is 3.21. The number of carbonyl (C=O) groups excluding carboxylic acids is 2. The van der Waals surface area contributed by atoms with Crippen molar-refractivity contribution in [3.8, 4) is 0 Å². The summed E-state index contributed by atoms with van der Waals surface area (Å²) in [4.78, 5) is 29.7. The third-order valence-corrected chi connectivity index (χ3v) is 5.45. The summed E-state index contributed by atoms with van der Waals surface area (Å²) in [5.74, 6) is -0.135. The topological polar surface area (TPSA) is 49.9 Å². The van der Waals surface area contributed by atoms with Crippen LogP contribution in [-0.2, 0) is 4.74 Å². The number of thiophene rings is 1. The van der Waals surface area contributed by atoms with Crippen molar-refractivity contribution in [2.24, 2.45) is 0 Å². The number of benzene rings is 1. The molecule has 2 aromatic rings. The van der Waals surface area contributed by atoms with E-state index in [0.29, 0.717) is 29.2 Å².